The molecule has 0 fully saturated rings. The van der Waals surface area contributed by atoms with E-state index < -0.39 is 0 Å². The molecule has 1 amide bonds. The predicted octanol–water partition coefficient (Wildman–Crippen LogP) is 1.66. The number of methoxy groups -OCH3 is 1. The molecule has 1 N–H and O–H groups in total. The van der Waals surface area contributed by atoms with Crippen molar-refractivity contribution in [3.05, 3.63) is 15.9 Å². The number of halogens is 1. The number of carbonyl (C=O) groups is 1. The van der Waals surface area contributed by atoms with Gasteiger partial charge in [-0.2, -0.15) is 5.10 Å². The van der Waals surface area contributed by atoms with Crippen LogP contribution < -0.4 is 5.32 Å². The molecule has 1 unspecified atom stereocenters. The van der Waals surface area contributed by atoms with Gasteiger partial charge in [-0.3, -0.25) is 9.48 Å². The van der Waals surface area contributed by atoms with E-state index in [0.717, 1.165) is 15.9 Å². The second-order valence-corrected chi connectivity index (χ2v) is 5.14. The van der Waals surface area contributed by atoms with E-state index in [1.807, 2.05) is 25.5 Å². The lowest BCUT2D eigenvalue weighted by atomic mass is 10.1. The summed E-state index contributed by atoms with van der Waals surface area (Å²) in [6, 6.07) is 0. The molecular formula is C12H20BrN3O2. The number of rotatable bonds is 6. The fourth-order valence-electron chi connectivity index (χ4n) is 1.65. The van der Waals surface area contributed by atoms with Gasteiger partial charge in [0.05, 0.1) is 29.2 Å². The van der Waals surface area contributed by atoms with Gasteiger partial charge in [-0.25, -0.2) is 0 Å². The zero-order valence-electron chi connectivity index (χ0n) is 11.3. The van der Waals surface area contributed by atoms with Gasteiger partial charge >= 0.3 is 0 Å². The standard InChI is InChI=1S/C12H20BrN3O2/c1-8(12(17)14-5-6-18-4)7-16-10(3)11(13)9(2)15-16/h8H,5-7H2,1-4H3,(H,14,17). The molecule has 0 spiro atoms. The van der Waals surface area contributed by atoms with Crippen molar-refractivity contribution in [1.82, 2.24) is 15.1 Å². The van der Waals surface area contributed by atoms with Crippen molar-refractivity contribution in [1.29, 1.82) is 0 Å². The number of amides is 1. The van der Waals surface area contributed by atoms with Gasteiger partial charge < -0.3 is 10.1 Å². The molecule has 1 aromatic rings. The van der Waals surface area contributed by atoms with Crippen LogP contribution in [0, 0.1) is 19.8 Å². The van der Waals surface area contributed by atoms with Crippen LogP contribution in [0.1, 0.15) is 18.3 Å². The Morgan fingerprint density at radius 3 is 2.72 bits per heavy atom. The summed E-state index contributed by atoms with van der Waals surface area (Å²) in [5.41, 5.74) is 1.99. The van der Waals surface area contributed by atoms with Crippen molar-refractivity contribution >= 4 is 21.8 Å². The molecule has 0 bridgehead atoms. The summed E-state index contributed by atoms with van der Waals surface area (Å²) >= 11 is 3.48. The third-order valence-electron chi connectivity index (χ3n) is 2.79. The highest BCUT2D eigenvalue weighted by molar-refractivity contribution is 9.10. The lowest BCUT2D eigenvalue weighted by Crippen LogP contribution is -2.34. The van der Waals surface area contributed by atoms with E-state index in [0.29, 0.717) is 19.7 Å². The summed E-state index contributed by atoms with van der Waals surface area (Å²) < 4.78 is 7.76. The number of hydrogen-bond donors (Lipinski definition) is 1. The van der Waals surface area contributed by atoms with E-state index in [2.05, 4.69) is 26.3 Å². The minimum absolute atomic E-state index is 0.0238. The zero-order chi connectivity index (χ0) is 13.7. The Bertz CT molecular complexity index is 418. The van der Waals surface area contributed by atoms with E-state index in [9.17, 15) is 4.79 Å². The molecule has 1 rings (SSSR count). The second-order valence-electron chi connectivity index (χ2n) is 4.35. The number of ether oxygens (including phenoxy) is 1. The van der Waals surface area contributed by atoms with Crippen molar-refractivity contribution in [2.24, 2.45) is 5.92 Å². The molecule has 1 atom stereocenters. The van der Waals surface area contributed by atoms with E-state index in [4.69, 9.17) is 4.74 Å². The largest absolute Gasteiger partial charge is 0.383 e. The monoisotopic (exact) mass is 317 g/mol. The summed E-state index contributed by atoms with van der Waals surface area (Å²) in [6.07, 6.45) is 0. The lowest BCUT2D eigenvalue weighted by Gasteiger charge is -2.13. The summed E-state index contributed by atoms with van der Waals surface area (Å²) in [5, 5.41) is 7.22. The first-order chi connectivity index (χ1) is 8.47. The molecule has 0 saturated carbocycles. The maximum absolute atomic E-state index is 11.8. The summed E-state index contributed by atoms with van der Waals surface area (Å²) in [7, 11) is 1.61. The van der Waals surface area contributed by atoms with E-state index >= 15 is 0 Å². The first kappa shape index (κ1) is 15.2. The Morgan fingerprint density at radius 1 is 1.56 bits per heavy atom. The third-order valence-corrected chi connectivity index (χ3v) is 3.94. The van der Waals surface area contributed by atoms with Gasteiger partial charge in [-0.1, -0.05) is 6.92 Å². The van der Waals surface area contributed by atoms with Crippen LogP contribution in [0.4, 0.5) is 0 Å². The van der Waals surface area contributed by atoms with Crippen LogP contribution in [0.5, 0.6) is 0 Å². The normalized spacial score (nSPS) is 12.5. The molecule has 102 valence electrons. The number of hydrogen-bond acceptors (Lipinski definition) is 3. The number of carbonyl (C=O) groups excluding carboxylic acids is 1. The summed E-state index contributed by atoms with van der Waals surface area (Å²) in [4.78, 5) is 11.8. The highest BCUT2D eigenvalue weighted by Gasteiger charge is 2.16. The topological polar surface area (TPSA) is 56.1 Å². The van der Waals surface area contributed by atoms with Crippen LogP contribution >= 0.6 is 15.9 Å². The molecule has 5 nitrogen and oxygen atoms in total. The molecule has 0 aromatic carbocycles. The number of nitrogens with zero attached hydrogens (tertiary/aromatic N) is 2. The number of nitrogens with one attached hydrogen (secondary N) is 1. The van der Waals surface area contributed by atoms with E-state index in [1.54, 1.807) is 7.11 Å². The van der Waals surface area contributed by atoms with Crippen LogP contribution in [0.2, 0.25) is 0 Å². The molecule has 0 saturated heterocycles. The first-order valence-electron chi connectivity index (χ1n) is 5.93. The van der Waals surface area contributed by atoms with Crippen LogP contribution in [0.25, 0.3) is 0 Å². The van der Waals surface area contributed by atoms with Crippen molar-refractivity contribution < 1.29 is 9.53 Å². The van der Waals surface area contributed by atoms with Gasteiger partial charge in [-0.05, 0) is 29.8 Å². The van der Waals surface area contributed by atoms with Gasteiger partial charge in [0.2, 0.25) is 5.91 Å². The van der Waals surface area contributed by atoms with Crippen molar-refractivity contribution in [2.45, 2.75) is 27.3 Å². The van der Waals surface area contributed by atoms with Gasteiger partial charge in [0, 0.05) is 19.3 Å². The Morgan fingerprint density at radius 2 is 2.22 bits per heavy atom. The Kier molecular flexibility index (Phi) is 5.81. The van der Waals surface area contributed by atoms with Crippen molar-refractivity contribution in [2.75, 3.05) is 20.3 Å². The van der Waals surface area contributed by atoms with Crippen LogP contribution in [-0.2, 0) is 16.1 Å². The Labute approximate surface area is 116 Å². The van der Waals surface area contributed by atoms with Crippen molar-refractivity contribution in [3.8, 4) is 0 Å². The third kappa shape index (κ3) is 3.81. The smallest absolute Gasteiger partial charge is 0.224 e. The minimum Gasteiger partial charge on any atom is -0.383 e. The zero-order valence-corrected chi connectivity index (χ0v) is 12.9. The van der Waals surface area contributed by atoms with E-state index in [-0.39, 0.29) is 11.8 Å². The summed E-state index contributed by atoms with van der Waals surface area (Å²) in [5.74, 6) is -0.0949. The van der Waals surface area contributed by atoms with Gasteiger partial charge in [-0.15, -0.1) is 0 Å². The lowest BCUT2D eigenvalue weighted by molar-refractivity contribution is -0.125. The molecule has 0 aliphatic heterocycles. The first-order valence-corrected chi connectivity index (χ1v) is 6.72. The number of aryl methyl sites for hydroxylation is 1. The summed E-state index contributed by atoms with van der Waals surface area (Å²) in [6.45, 7) is 7.48. The van der Waals surface area contributed by atoms with Crippen LogP contribution in [-0.4, -0.2) is 35.9 Å². The molecule has 0 aliphatic carbocycles. The highest BCUT2D eigenvalue weighted by atomic mass is 79.9. The SMILES string of the molecule is COCCNC(=O)C(C)Cn1nc(C)c(Br)c1C. The second kappa shape index (κ2) is 6.89. The average molecular weight is 318 g/mol. The maximum Gasteiger partial charge on any atom is 0.224 e. The number of aromatic nitrogens is 2. The maximum atomic E-state index is 11.8. The van der Waals surface area contributed by atoms with Gasteiger partial charge in [0.15, 0.2) is 0 Å². The van der Waals surface area contributed by atoms with Crippen LogP contribution in [0.15, 0.2) is 4.47 Å². The molecule has 1 aromatic heterocycles. The van der Waals surface area contributed by atoms with Gasteiger partial charge in [0.25, 0.3) is 0 Å². The Balaban J connectivity index is 2.55. The van der Waals surface area contributed by atoms with Gasteiger partial charge in [0.1, 0.15) is 0 Å². The van der Waals surface area contributed by atoms with Crippen molar-refractivity contribution in [3.63, 3.8) is 0 Å². The predicted molar refractivity (Wildman–Crippen MR) is 73.5 cm³/mol. The Hall–Kier alpha value is -0.880. The highest BCUT2D eigenvalue weighted by Crippen LogP contribution is 2.20. The molecule has 18 heavy (non-hydrogen) atoms. The molecule has 0 radical (unpaired) electrons. The molecule has 6 heteroatoms. The fraction of sp³-hybridized carbons (Fsp3) is 0.667. The average Bonchev–Trinajstić information content (AvgIpc) is 2.57. The molecular weight excluding hydrogens is 298 g/mol. The van der Waals surface area contributed by atoms with E-state index in [1.165, 1.54) is 0 Å². The minimum atomic E-state index is -0.119. The molecule has 1 heterocycles. The fourth-order valence-corrected chi connectivity index (χ4v) is 1.93. The van der Waals surface area contributed by atoms with Crippen LogP contribution in [0.3, 0.4) is 0 Å². The molecule has 0 aliphatic rings. The quantitative estimate of drug-likeness (QED) is 0.812.